The fraction of sp³-hybridized carbons (Fsp3) is 0.438. The Labute approximate surface area is 138 Å². The summed E-state index contributed by atoms with van der Waals surface area (Å²) < 4.78 is 5.36. The Morgan fingerprint density at radius 3 is 2.91 bits per heavy atom. The molecule has 6 nitrogen and oxygen atoms in total. The van der Waals surface area contributed by atoms with Crippen LogP contribution in [0, 0.1) is 11.3 Å². The second kappa shape index (κ2) is 6.92. The first kappa shape index (κ1) is 15.7. The molecule has 1 N–H and O–H groups in total. The Hall–Kier alpha value is -2.20. The molecule has 0 unspecified atom stereocenters. The van der Waals surface area contributed by atoms with Gasteiger partial charge in [0.15, 0.2) is 0 Å². The molecule has 1 aromatic heterocycles. The highest BCUT2D eigenvalue weighted by atomic mass is 32.2. The van der Waals surface area contributed by atoms with E-state index in [1.54, 1.807) is 12.1 Å². The first-order chi connectivity index (χ1) is 11.2. The molecule has 1 aromatic rings. The average molecular weight is 331 g/mol. The van der Waals surface area contributed by atoms with E-state index in [9.17, 15) is 14.9 Å². The van der Waals surface area contributed by atoms with E-state index in [2.05, 4.69) is 11.4 Å². The zero-order chi connectivity index (χ0) is 16.2. The van der Waals surface area contributed by atoms with Crippen LogP contribution in [0.2, 0.25) is 0 Å². The molecule has 0 aromatic carbocycles. The van der Waals surface area contributed by atoms with Gasteiger partial charge in [-0.05, 0) is 25.0 Å². The van der Waals surface area contributed by atoms with Crippen LogP contribution in [-0.4, -0.2) is 35.6 Å². The predicted molar refractivity (Wildman–Crippen MR) is 85.1 cm³/mol. The van der Waals surface area contributed by atoms with E-state index in [1.165, 1.54) is 18.0 Å². The summed E-state index contributed by atoms with van der Waals surface area (Å²) in [6, 6.07) is 5.66. The van der Waals surface area contributed by atoms with Gasteiger partial charge in [0.2, 0.25) is 11.8 Å². The first-order valence-corrected chi connectivity index (χ1v) is 8.55. The lowest BCUT2D eigenvalue weighted by atomic mass is 9.92. The smallest absolute Gasteiger partial charge is 0.232 e. The lowest BCUT2D eigenvalue weighted by Gasteiger charge is -2.23. The third-order valence-corrected chi connectivity index (χ3v) is 5.04. The Morgan fingerprint density at radius 2 is 2.26 bits per heavy atom. The zero-order valence-corrected chi connectivity index (χ0v) is 13.4. The van der Waals surface area contributed by atoms with Crippen molar-refractivity contribution in [2.75, 3.05) is 18.8 Å². The number of furan rings is 1. The maximum absolute atomic E-state index is 12.1. The van der Waals surface area contributed by atoms with Crippen molar-refractivity contribution in [3.63, 3.8) is 0 Å². The van der Waals surface area contributed by atoms with Gasteiger partial charge >= 0.3 is 0 Å². The number of hydrogen-bond donors (Lipinski definition) is 1. The molecule has 0 aliphatic carbocycles. The SMILES string of the molecule is N#CC1=C(SCC(=O)N2CCCC2)NC(=O)C[C@H]1c1ccco1. The van der Waals surface area contributed by atoms with E-state index >= 15 is 0 Å². The first-order valence-electron chi connectivity index (χ1n) is 7.57. The Morgan fingerprint density at radius 1 is 1.48 bits per heavy atom. The molecular formula is C16H17N3O3S. The van der Waals surface area contributed by atoms with E-state index in [4.69, 9.17) is 4.42 Å². The second-order valence-corrected chi connectivity index (χ2v) is 6.54. The molecule has 7 heteroatoms. The molecule has 1 atom stereocenters. The maximum atomic E-state index is 12.1. The number of likely N-dealkylation sites (tertiary alicyclic amines) is 1. The molecule has 2 aliphatic heterocycles. The van der Waals surface area contributed by atoms with Crippen LogP contribution in [0.15, 0.2) is 33.4 Å². The van der Waals surface area contributed by atoms with Crippen LogP contribution in [0.1, 0.15) is 30.9 Å². The van der Waals surface area contributed by atoms with E-state index in [-0.39, 0.29) is 29.9 Å². The van der Waals surface area contributed by atoms with Crippen molar-refractivity contribution in [1.82, 2.24) is 10.2 Å². The van der Waals surface area contributed by atoms with E-state index < -0.39 is 0 Å². The number of carbonyl (C=O) groups is 2. The summed E-state index contributed by atoms with van der Waals surface area (Å²) >= 11 is 1.22. The number of nitrogens with zero attached hydrogens (tertiary/aromatic N) is 2. The molecule has 23 heavy (non-hydrogen) atoms. The van der Waals surface area contributed by atoms with E-state index in [1.807, 2.05) is 4.90 Å². The monoisotopic (exact) mass is 331 g/mol. The minimum absolute atomic E-state index is 0.0478. The zero-order valence-electron chi connectivity index (χ0n) is 12.6. The number of amides is 2. The molecule has 1 fully saturated rings. The summed E-state index contributed by atoms with van der Waals surface area (Å²) in [5.74, 6) is 0.327. The number of thioether (sulfide) groups is 1. The topological polar surface area (TPSA) is 86.3 Å². The van der Waals surface area contributed by atoms with Crippen molar-refractivity contribution < 1.29 is 14.0 Å². The molecule has 1 saturated heterocycles. The number of nitrogens with one attached hydrogen (secondary N) is 1. The van der Waals surface area contributed by atoms with Crippen molar-refractivity contribution in [2.45, 2.75) is 25.2 Å². The standard InChI is InChI=1S/C16H17N3O3S/c17-9-12-11(13-4-3-7-22-13)8-14(20)18-16(12)23-10-15(21)19-5-1-2-6-19/h3-4,7,11H,1-2,5-6,8,10H2,(H,18,20)/t11-/m1/s1. The van der Waals surface area contributed by atoms with Gasteiger partial charge in [-0.2, -0.15) is 5.26 Å². The van der Waals surface area contributed by atoms with Crippen molar-refractivity contribution in [3.05, 3.63) is 34.8 Å². The van der Waals surface area contributed by atoms with Crippen LogP contribution in [0.5, 0.6) is 0 Å². The van der Waals surface area contributed by atoms with Crippen molar-refractivity contribution in [2.24, 2.45) is 0 Å². The van der Waals surface area contributed by atoms with Crippen molar-refractivity contribution in [3.8, 4) is 6.07 Å². The normalized spacial score (nSPS) is 21.3. The Kier molecular flexibility index (Phi) is 4.72. The molecule has 0 spiro atoms. The molecule has 120 valence electrons. The van der Waals surface area contributed by atoms with E-state index in [0.717, 1.165) is 25.9 Å². The summed E-state index contributed by atoms with van der Waals surface area (Å²) in [4.78, 5) is 25.9. The number of allylic oxidation sites excluding steroid dienone is 1. The van der Waals surface area contributed by atoms with Crippen molar-refractivity contribution in [1.29, 1.82) is 5.26 Å². The molecular weight excluding hydrogens is 314 g/mol. The quantitative estimate of drug-likeness (QED) is 0.911. The number of hydrogen-bond acceptors (Lipinski definition) is 5. The molecule has 0 saturated carbocycles. The highest BCUT2D eigenvalue weighted by Crippen LogP contribution is 2.36. The van der Waals surface area contributed by atoms with Crippen LogP contribution < -0.4 is 5.32 Å². The molecule has 0 bridgehead atoms. The van der Waals surface area contributed by atoms with Gasteiger partial charge < -0.3 is 14.6 Å². The molecule has 2 amide bonds. The van der Waals surface area contributed by atoms with E-state index in [0.29, 0.717) is 16.4 Å². The fourth-order valence-corrected chi connectivity index (χ4v) is 3.84. The third-order valence-electron chi connectivity index (χ3n) is 4.04. The van der Waals surface area contributed by atoms with Crippen molar-refractivity contribution >= 4 is 23.6 Å². The summed E-state index contributed by atoms with van der Waals surface area (Å²) in [7, 11) is 0. The summed E-state index contributed by atoms with van der Waals surface area (Å²) in [5, 5.41) is 12.7. The maximum Gasteiger partial charge on any atom is 0.232 e. The van der Waals surface area contributed by atoms with Crippen LogP contribution in [-0.2, 0) is 9.59 Å². The molecule has 3 heterocycles. The third kappa shape index (κ3) is 3.42. The van der Waals surface area contributed by atoms with Gasteiger partial charge in [0.05, 0.1) is 34.6 Å². The molecule has 3 rings (SSSR count). The molecule has 0 radical (unpaired) electrons. The van der Waals surface area contributed by atoms with Crippen LogP contribution >= 0.6 is 11.8 Å². The van der Waals surface area contributed by atoms with Gasteiger partial charge in [0.1, 0.15) is 5.76 Å². The number of rotatable bonds is 4. The summed E-state index contributed by atoms with van der Waals surface area (Å²) in [6.07, 6.45) is 3.79. The Balaban J connectivity index is 1.75. The van der Waals surface area contributed by atoms with Gasteiger partial charge in [0.25, 0.3) is 0 Å². The number of carbonyl (C=O) groups excluding carboxylic acids is 2. The van der Waals surface area contributed by atoms with Crippen LogP contribution in [0.25, 0.3) is 0 Å². The minimum Gasteiger partial charge on any atom is -0.469 e. The lowest BCUT2D eigenvalue weighted by molar-refractivity contribution is -0.127. The number of nitriles is 1. The fourth-order valence-electron chi connectivity index (χ4n) is 2.86. The highest BCUT2D eigenvalue weighted by molar-refractivity contribution is 8.03. The average Bonchev–Trinajstić information content (AvgIpc) is 3.24. The van der Waals surface area contributed by atoms with Gasteiger partial charge in [-0.15, -0.1) is 0 Å². The lowest BCUT2D eigenvalue weighted by Crippen LogP contribution is -2.33. The van der Waals surface area contributed by atoms with Gasteiger partial charge in [-0.25, -0.2) is 0 Å². The molecule has 2 aliphatic rings. The highest BCUT2D eigenvalue weighted by Gasteiger charge is 2.31. The van der Waals surface area contributed by atoms with Gasteiger partial charge in [-0.1, -0.05) is 11.8 Å². The van der Waals surface area contributed by atoms with Gasteiger partial charge in [-0.3, -0.25) is 9.59 Å². The second-order valence-electron chi connectivity index (χ2n) is 5.55. The van der Waals surface area contributed by atoms with Crippen LogP contribution in [0.4, 0.5) is 0 Å². The summed E-state index contributed by atoms with van der Waals surface area (Å²) in [6.45, 7) is 1.59. The largest absolute Gasteiger partial charge is 0.469 e. The van der Waals surface area contributed by atoms with Crippen LogP contribution in [0.3, 0.4) is 0 Å². The minimum atomic E-state index is -0.381. The Bertz CT molecular complexity index is 669. The van der Waals surface area contributed by atoms with Gasteiger partial charge in [0, 0.05) is 19.5 Å². The summed E-state index contributed by atoms with van der Waals surface area (Å²) in [5.41, 5.74) is 0.457. The predicted octanol–water partition coefficient (Wildman–Crippen LogP) is 1.97.